The predicted molar refractivity (Wildman–Crippen MR) is 72.4 cm³/mol. The molecule has 98 valence electrons. The Morgan fingerprint density at radius 2 is 2.11 bits per heavy atom. The number of carboxylic acids is 1. The Morgan fingerprint density at radius 1 is 1.44 bits per heavy atom. The second kappa shape index (κ2) is 6.39. The number of hydrogen-bond acceptors (Lipinski definition) is 3. The lowest BCUT2D eigenvalue weighted by atomic mass is 10.1. The average Bonchev–Trinajstić information content (AvgIpc) is 2.32. The molecule has 0 fully saturated rings. The minimum absolute atomic E-state index is 0.0699. The maximum Gasteiger partial charge on any atom is 0.305 e. The molecule has 0 bridgehead atoms. The number of carboxylic acid groups (broad SMARTS) is 1. The van der Waals surface area contributed by atoms with Gasteiger partial charge in [-0.2, -0.15) is 0 Å². The maximum atomic E-state index is 12.2. The van der Waals surface area contributed by atoms with Crippen LogP contribution in [-0.2, 0) is 4.79 Å². The number of nitrogen functional groups attached to an aromatic ring is 1. The Hall–Kier alpha value is -1.56. The third-order valence-electron chi connectivity index (χ3n) is 2.49. The SMILES string of the molecule is CCN(CCC(=O)O)C(=O)c1cc(N)ccc1Br. The fourth-order valence-electron chi connectivity index (χ4n) is 1.51. The lowest BCUT2D eigenvalue weighted by Gasteiger charge is -2.20. The molecule has 0 heterocycles. The molecule has 1 amide bonds. The quantitative estimate of drug-likeness (QED) is 0.814. The van der Waals surface area contributed by atoms with Crippen LogP contribution < -0.4 is 5.73 Å². The van der Waals surface area contributed by atoms with Crippen molar-refractivity contribution in [3.05, 3.63) is 28.2 Å². The smallest absolute Gasteiger partial charge is 0.305 e. The van der Waals surface area contributed by atoms with Gasteiger partial charge in [0.15, 0.2) is 0 Å². The highest BCUT2D eigenvalue weighted by atomic mass is 79.9. The number of hydrogen-bond donors (Lipinski definition) is 2. The molecule has 0 saturated heterocycles. The monoisotopic (exact) mass is 314 g/mol. The zero-order valence-electron chi connectivity index (χ0n) is 10.0. The molecule has 3 N–H and O–H groups in total. The minimum atomic E-state index is -0.923. The van der Waals surface area contributed by atoms with Gasteiger partial charge < -0.3 is 15.7 Å². The normalized spacial score (nSPS) is 10.1. The predicted octanol–water partition coefficient (Wildman–Crippen LogP) is 1.97. The third kappa shape index (κ3) is 3.73. The summed E-state index contributed by atoms with van der Waals surface area (Å²) in [4.78, 5) is 24.2. The zero-order valence-corrected chi connectivity index (χ0v) is 11.6. The van der Waals surface area contributed by atoms with Crippen LogP contribution in [0.5, 0.6) is 0 Å². The number of amides is 1. The van der Waals surface area contributed by atoms with Crippen molar-refractivity contribution in [1.29, 1.82) is 0 Å². The molecule has 0 spiro atoms. The fourth-order valence-corrected chi connectivity index (χ4v) is 1.93. The van der Waals surface area contributed by atoms with Crippen LogP contribution in [-0.4, -0.2) is 35.0 Å². The summed E-state index contributed by atoms with van der Waals surface area (Å²) in [5.74, 6) is -1.15. The van der Waals surface area contributed by atoms with Crippen molar-refractivity contribution >= 4 is 33.5 Å². The van der Waals surface area contributed by atoms with Crippen molar-refractivity contribution in [2.45, 2.75) is 13.3 Å². The molecule has 0 unspecified atom stereocenters. The summed E-state index contributed by atoms with van der Waals surface area (Å²) in [6.07, 6.45) is -0.0699. The highest BCUT2D eigenvalue weighted by Gasteiger charge is 2.17. The first kappa shape index (κ1) is 14.5. The van der Waals surface area contributed by atoms with Gasteiger partial charge in [0.25, 0.3) is 5.91 Å². The molecular weight excluding hydrogens is 300 g/mol. The summed E-state index contributed by atoms with van der Waals surface area (Å²) in [6.45, 7) is 2.44. The van der Waals surface area contributed by atoms with E-state index in [1.54, 1.807) is 25.1 Å². The first-order chi connectivity index (χ1) is 8.45. The highest BCUT2D eigenvalue weighted by molar-refractivity contribution is 9.10. The Balaban J connectivity index is 2.89. The van der Waals surface area contributed by atoms with Crippen LogP contribution in [0.4, 0.5) is 5.69 Å². The second-order valence-electron chi connectivity index (χ2n) is 3.77. The number of anilines is 1. The first-order valence-corrected chi connectivity index (χ1v) is 6.31. The van der Waals surface area contributed by atoms with Gasteiger partial charge in [-0.15, -0.1) is 0 Å². The molecule has 5 nitrogen and oxygen atoms in total. The largest absolute Gasteiger partial charge is 0.481 e. The Bertz CT molecular complexity index is 463. The number of rotatable bonds is 5. The lowest BCUT2D eigenvalue weighted by molar-refractivity contribution is -0.137. The summed E-state index contributed by atoms with van der Waals surface area (Å²) in [7, 11) is 0. The summed E-state index contributed by atoms with van der Waals surface area (Å²) < 4.78 is 0.649. The molecule has 0 radical (unpaired) electrons. The lowest BCUT2D eigenvalue weighted by Crippen LogP contribution is -2.33. The third-order valence-corrected chi connectivity index (χ3v) is 3.18. The first-order valence-electron chi connectivity index (χ1n) is 5.51. The number of nitrogens with two attached hydrogens (primary N) is 1. The van der Waals surface area contributed by atoms with Gasteiger partial charge in [0.05, 0.1) is 12.0 Å². The molecule has 18 heavy (non-hydrogen) atoms. The summed E-state index contributed by atoms with van der Waals surface area (Å²) in [5, 5.41) is 8.64. The number of nitrogens with zero attached hydrogens (tertiary/aromatic N) is 1. The fraction of sp³-hybridized carbons (Fsp3) is 0.333. The van der Waals surface area contributed by atoms with E-state index in [1.165, 1.54) is 4.90 Å². The van der Waals surface area contributed by atoms with Gasteiger partial charge in [-0.25, -0.2) is 0 Å². The van der Waals surface area contributed by atoms with Crippen molar-refractivity contribution in [3.8, 4) is 0 Å². The van der Waals surface area contributed by atoms with E-state index in [9.17, 15) is 9.59 Å². The van der Waals surface area contributed by atoms with Gasteiger partial charge in [0.1, 0.15) is 0 Å². The van der Waals surface area contributed by atoms with Crippen molar-refractivity contribution in [2.75, 3.05) is 18.8 Å². The molecule has 0 aromatic heterocycles. The van der Waals surface area contributed by atoms with E-state index in [1.807, 2.05) is 0 Å². The minimum Gasteiger partial charge on any atom is -0.481 e. The van der Waals surface area contributed by atoms with Crippen LogP contribution in [0.1, 0.15) is 23.7 Å². The van der Waals surface area contributed by atoms with Crippen LogP contribution in [0.25, 0.3) is 0 Å². The van der Waals surface area contributed by atoms with E-state index in [0.29, 0.717) is 22.3 Å². The molecule has 0 saturated carbocycles. The molecule has 0 atom stereocenters. The van der Waals surface area contributed by atoms with Crippen LogP contribution >= 0.6 is 15.9 Å². The van der Waals surface area contributed by atoms with E-state index in [0.717, 1.165) is 0 Å². The van der Waals surface area contributed by atoms with Crippen molar-refractivity contribution in [3.63, 3.8) is 0 Å². The molecule has 0 aliphatic rings. The topological polar surface area (TPSA) is 83.6 Å². The van der Waals surface area contributed by atoms with E-state index in [2.05, 4.69) is 15.9 Å². The molecule has 1 rings (SSSR count). The van der Waals surface area contributed by atoms with Crippen LogP contribution in [0, 0.1) is 0 Å². The van der Waals surface area contributed by atoms with Gasteiger partial charge in [-0.3, -0.25) is 9.59 Å². The van der Waals surface area contributed by atoms with E-state index >= 15 is 0 Å². The number of aliphatic carboxylic acids is 1. The summed E-state index contributed by atoms with van der Waals surface area (Å²) >= 11 is 3.29. The van der Waals surface area contributed by atoms with Crippen LogP contribution in [0.2, 0.25) is 0 Å². The van der Waals surface area contributed by atoms with Gasteiger partial charge in [-0.1, -0.05) is 0 Å². The number of halogens is 1. The average molecular weight is 315 g/mol. The Morgan fingerprint density at radius 3 is 2.67 bits per heavy atom. The second-order valence-corrected chi connectivity index (χ2v) is 4.62. The molecule has 6 heteroatoms. The summed E-state index contributed by atoms with van der Waals surface area (Å²) in [5.41, 5.74) is 6.59. The van der Waals surface area contributed by atoms with Gasteiger partial charge in [-0.05, 0) is 41.1 Å². The summed E-state index contributed by atoms with van der Waals surface area (Å²) in [6, 6.07) is 4.97. The van der Waals surface area contributed by atoms with E-state index in [-0.39, 0.29) is 18.9 Å². The van der Waals surface area contributed by atoms with Gasteiger partial charge in [0.2, 0.25) is 0 Å². The molecule has 0 aliphatic heterocycles. The molecule has 1 aromatic carbocycles. The van der Waals surface area contributed by atoms with Crippen molar-refractivity contribution in [2.24, 2.45) is 0 Å². The number of carbonyl (C=O) groups excluding carboxylic acids is 1. The van der Waals surface area contributed by atoms with E-state index < -0.39 is 5.97 Å². The van der Waals surface area contributed by atoms with Gasteiger partial charge >= 0.3 is 5.97 Å². The standard InChI is InChI=1S/C12H15BrN2O3/c1-2-15(6-5-11(16)17)12(18)9-7-8(14)3-4-10(9)13/h3-4,7H,2,5-6,14H2,1H3,(H,16,17). The van der Waals surface area contributed by atoms with Gasteiger partial charge in [0, 0.05) is 23.2 Å². The molecule has 1 aromatic rings. The molecule has 0 aliphatic carbocycles. The number of carbonyl (C=O) groups is 2. The number of benzene rings is 1. The van der Waals surface area contributed by atoms with Crippen molar-refractivity contribution < 1.29 is 14.7 Å². The van der Waals surface area contributed by atoms with Crippen molar-refractivity contribution in [1.82, 2.24) is 4.90 Å². The van der Waals surface area contributed by atoms with E-state index in [4.69, 9.17) is 10.8 Å². The maximum absolute atomic E-state index is 12.2. The van der Waals surface area contributed by atoms with Crippen LogP contribution in [0.15, 0.2) is 22.7 Å². The van der Waals surface area contributed by atoms with Crippen LogP contribution in [0.3, 0.4) is 0 Å². The molecular formula is C12H15BrN2O3. The Kier molecular flexibility index (Phi) is 5.15. The highest BCUT2D eigenvalue weighted by Crippen LogP contribution is 2.21. The zero-order chi connectivity index (χ0) is 13.7. The Labute approximate surface area is 114 Å².